The van der Waals surface area contributed by atoms with Gasteiger partial charge in [-0.25, -0.2) is 10.5 Å². The number of anilines is 1. The summed E-state index contributed by atoms with van der Waals surface area (Å²) in [6, 6.07) is 13.0. The van der Waals surface area contributed by atoms with Crippen molar-refractivity contribution in [3.8, 4) is 5.75 Å². The average molecular weight is 412 g/mol. The zero-order chi connectivity index (χ0) is 20.6. The number of aromatic amines is 1. The lowest BCUT2D eigenvalue weighted by atomic mass is 10.1. The molecule has 2 N–H and O–H groups in total. The molecule has 3 rings (SSSR count). The number of nitrogens with zero attached hydrogens (tertiary/aromatic N) is 4. The Morgan fingerprint density at radius 1 is 1.34 bits per heavy atom. The second-order valence-corrected chi connectivity index (χ2v) is 6.57. The van der Waals surface area contributed by atoms with Crippen LogP contribution in [0.1, 0.15) is 15.9 Å². The van der Waals surface area contributed by atoms with Crippen LogP contribution >= 0.6 is 11.8 Å². The molecule has 29 heavy (non-hydrogen) atoms. The molecule has 0 bridgehead atoms. The van der Waals surface area contributed by atoms with Crippen LogP contribution in [0.25, 0.3) is 0 Å². The molecule has 0 unspecified atom stereocenters. The molecule has 0 fully saturated rings. The number of nitrogens with one attached hydrogen (secondary N) is 2. The van der Waals surface area contributed by atoms with Crippen LogP contribution in [-0.2, 0) is 0 Å². The molecule has 0 aliphatic heterocycles. The zero-order valence-corrected chi connectivity index (χ0v) is 16.0. The fourth-order valence-corrected chi connectivity index (χ4v) is 2.95. The van der Waals surface area contributed by atoms with Gasteiger partial charge in [-0.2, -0.15) is 10.1 Å². The minimum atomic E-state index is -0.475. The van der Waals surface area contributed by atoms with E-state index in [1.807, 2.05) is 0 Å². The van der Waals surface area contributed by atoms with Gasteiger partial charge >= 0.3 is 0 Å². The van der Waals surface area contributed by atoms with E-state index in [4.69, 9.17) is 4.74 Å². The van der Waals surface area contributed by atoms with Crippen LogP contribution in [0.4, 0.5) is 11.6 Å². The Hall–Kier alpha value is -3.73. The van der Waals surface area contributed by atoms with E-state index in [9.17, 15) is 14.9 Å². The van der Waals surface area contributed by atoms with Crippen molar-refractivity contribution in [1.29, 1.82) is 0 Å². The number of Topliss-reactive ketones (excluding diaryl/α,β-unsaturated/α-hetero) is 1. The van der Waals surface area contributed by atoms with Gasteiger partial charge < -0.3 is 4.74 Å². The summed E-state index contributed by atoms with van der Waals surface area (Å²) < 4.78 is 5.12. The molecular weight excluding hydrogens is 396 g/mol. The highest BCUT2D eigenvalue weighted by molar-refractivity contribution is 7.99. The molecule has 0 spiro atoms. The third-order valence-corrected chi connectivity index (χ3v) is 4.50. The van der Waals surface area contributed by atoms with Gasteiger partial charge in [0.1, 0.15) is 5.75 Å². The standard InChI is InChI=1S/C18H16N6O4S/c1-28-15-7-3-5-13(9-15)16(25)11-29-18-20-17(22-23-18)21-19-10-12-4-2-6-14(8-12)24(26)27/h2-10H,11H2,1H3,(H2,20,21,22,23)/b19-10+. The van der Waals surface area contributed by atoms with Gasteiger partial charge in [-0.1, -0.05) is 36.0 Å². The number of aromatic nitrogens is 3. The number of hydrogen-bond donors (Lipinski definition) is 2. The first-order chi connectivity index (χ1) is 14.0. The topological polar surface area (TPSA) is 135 Å². The molecule has 0 radical (unpaired) electrons. The number of nitro groups is 1. The van der Waals surface area contributed by atoms with Crippen LogP contribution in [0.3, 0.4) is 0 Å². The first-order valence-electron chi connectivity index (χ1n) is 8.31. The van der Waals surface area contributed by atoms with Crippen LogP contribution in [-0.4, -0.2) is 45.0 Å². The van der Waals surface area contributed by atoms with Gasteiger partial charge in [0.05, 0.1) is 24.0 Å². The molecule has 0 aliphatic carbocycles. The van der Waals surface area contributed by atoms with Crippen molar-refractivity contribution >= 4 is 35.4 Å². The van der Waals surface area contributed by atoms with Crippen molar-refractivity contribution in [1.82, 2.24) is 15.2 Å². The number of benzene rings is 2. The Labute approximate surface area is 169 Å². The number of ether oxygens (including phenoxy) is 1. The van der Waals surface area contributed by atoms with Crippen LogP contribution < -0.4 is 10.2 Å². The Morgan fingerprint density at radius 2 is 2.17 bits per heavy atom. The maximum atomic E-state index is 12.3. The Kier molecular flexibility index (Phi) is 6.53. The summed E-state index contributed by atoms with van der Waals surface area (Å²) in [6.45, 7) is 0. The quantitative estimate of drug-likeness (QED) is 0.180. The number of nitro benzene ring substituents is 1. The molecule has 1 heterocycles. The second-order valence-electron chi connectivity index (χ2n) is 5.63. The molecule has 1 aromatic heterocycles. The number of thioether (sulfide) groups is 1. The lowest BCUT2D eigenvalue weighted by Gasteiger charge is -2.02. The van der Waals surface area contributed by atoms with Crippen LogP contribution in [0.5, 0.6) is 5.75 Å². The molecule has 0 aliphatic rings. The van der Waals surface area contributed by atoms with Crippen LogP contribution in [0, 0.1) is 10.1 Å². The Bertz CT molecular complexity index is 1050. The lowest BCUT2D eigenvalue weighted by molar-refractivity contribution is -0.384. The number of ketones is 1. The third-order valence-electron chi connectivity index (χ3n) is 3.65. The van der Waals surface area contributed by atoms with Gasteiger partial charge in [0, 0.05) is 23.3 Å². The molecule has 3 aromatic rings. The molecule has 0 saturated heterocycles. The minimum absolute atomic E-state index is 0.0204. The van der Waals surface area contributed by atoms with Crippen LogP contribution in [0.15, 0.2) is 58.8 Å². The summed E-state index contributed by atoms with van der Waals surface area (Å²) in [4.78, 5) is 26.7. The number of hydrogen-bond acceptors (Lipinski definition) is 9. The Morgan fingerprint density at radius 3 is 2.97 bits per heavy atom. The number of non-ortho nitro benzene ring substituents is 1. The second kappa shape index (κ2) is 9.46. The number of carbonyl (C=O) groups excluding carboxylic acids is 1. The number of rotatable bonds is 9. The fraction of sp³-hybridized carbons (Fsp3) is 0.111. The molecule has 10 nitrogen and oxygen atoms in total. The van der Waals surface area contributed by atoms with Crippen molar-refractivity contribution in [3.05, 3.63) is 69.8 Å². The van der Waals surface area contributed by atoms with Gasteiger partial charge in [-0.05, 0) is 12.1 Å². The van der Waals surface area contributed by atoms with Crippen molar-refractivity contribution in [2.24, 2.45) is 5.10 Å². The normalized spacial score (nSPS) is 10.8. The molecule has 2 aromatic carbocycles. The predicted molar refractivity (Wildman–Crippen MR) is 109 cm³/mol. The summed E-state index contributed by atoms with van der Waals surface area (Å²) in [5.41, 5.74) is 3.74. The number of methoxy groups -OCH3 is 1. The van der Waals surface area contributed by atoms with Gasteiger partial charge in [0.25, 0.3) is 5.69 Å². The SMILES string of the molecule is COc1cccc(C(=O)CSc2n[nH]c(N/N=C/c3cccc([N+](=O)[O-])c3)n2)c1. The number of H-pyrrole nitrogens is 1. The number of carbonyl (C=O) groups is 1. The number of hydrazone groups is 1. The van der Waals surface area contributed by atoms with E-state index in [-0.39, 0.29) is 23.2 Å². The highest BCUT2D eigenvalue weighted by atomic mass is 32.2. The van der Waals surface area contributed by atoms with Gasteiger partial charge in [0.15, 0.2) is 5.78 Å². The third kappa shape index (κ3) is 5.62. The van der Waals surface area contributed by atoms with Crippen molar-refractivity contribution in [3.63, 3.8) is 0 Å². The highest BCUT2D eigenvalue weighted by Crippen LogP contribution is 2.18. The van der Waals surface area contributed by atoms with E-state index in [1.165, 1.54) is 30.1 Å². The molecule has 11 heteroatoms. The van der Waals surface area contributed by atoms with Gasteiger partial charge in [0.2, 0.25) is 11.1 Å². The molecule has 0 atom stereocenters. The van der Waals surface area contributed by atoms with E-state index < -0.39 is 4.92 Å². The van der Waals surface area contributed by atoms with Crippen molar-refractivity contribution in [2.45, 2.75) is 5.16 Å². The first kappa shape index (κ1) is 20.0. The maximum absolute atomic E-state index is 12.3. The summed E-state index contributed by atoms with van der Waals surface area (Å²) in [5, 5.41) is 21.8. The summed E-state index contributed by atoms with van der Waals surface area (Å²) >= 11 is 1.18. The van der Waals surface area contributed by atoms with E-state index in [0.29, 0.717) is 22.0 Å². The summed E-state index contributed by atoms with van der Waals surface area (Å²) in [5.74, 6) is 0.994. The minimum Gasteiger partial charge on any atom is -0.497 e. The zero-order valence-electron chi connectivity index (χ0n) is 15.2. The van der Waals surface area contributed by atoms with Crippen LogP contribution in [0.2, 0.25) is 0 Å². The fourth-order valence-electron chi connectivity index (χ4n) is 2.26. The van der Waals surface area contributed by atoms with E-state index in [1.54, 1.807) is 43.5 Å². The summed E-state index contributed by atoms with van der Waals surface area (Å²) in [6.07, 6.45) is 1.43. The van der Waals surface area contributed by atoms with Crippen molar-refractivity contribution in [2.75, 3.05) is 18.3 Å². The van der Waals surface area contributed by atoms with E-state index in [0.717, 1.165) is 0 Å². The summed E-state index contributed by atoms with van der Waals surface area (Å²) in [7, 11) is 1.54. The van der Waals surface area contributed by atoms with Crippen molar-refractivity contribution < 1.29 is 14.5 Å². The molecule has 0 saturated carbocycles. The molecular formula is C18H16N6O4S. The largest absolute Gasteiger partial charge is 0.497 e. The molecule has 0 amide bonds. The smallest absolute Gasteiger partial charge is 0.270 e. The Balaban J connectivity index is 1.53. The lowest BCUT2D eigenvalue weighted by Crippen LogP contribution is -2.02. The van der Waals surface area contributed by atoms with Gasteiger partial charge in [-0.15, -0.1) is 5.10 Å². The molecule has 148 valence electrons. The van der Waals surface area contributed by atoms with Gasteiger partial charge in [-0.3, -0.25) is 14.9 Å². The average Bonchev–Trinajstić information content (AvgIpc) is 3.20. The first-order valence-corrected chi connectivity index (χ1v) is 9.29. The maximum Gasteiger partial charge on any atom is 0.270 e. The predicted octanol–water partition coefficient (Wildman–Crippen LogP) is 3.14. The van der Waals surface area contributed by atoms with E-state index >= 15 is 0 Å². The van der Waals surface area contributed by atoms with E-state index in [2.05, 4.69) is 25.7 Å². The highest BCUT2D eigenvalue weighted by Gasteiger charge is 2.10. The monoisotopic (exact) mass is 412 g/mol.